The summed E-state index contributed by atoms with van der Waals surface area (Å²) in [6.07, 6.45) is 5.23. The summed E-state index contributed by atoms with van der Waals surface area (Å²) in [5.41, 5.74) is 1.17. The van der Waals surface area contributed by atoms with Crippen LogP contribution in [0.25, 0.3) is 0 Å². The third-order valence-electron chi connectivity index (χ3n) is 4.19. The van der Waals surface area contributed by atoms with E-state index in [1.165, 1.54) is 31.4 Å². The second kappa shape index (κ2) is 7.07. The maximum atomic E-state index is 5.68. The van der Waals surface area contributed by atoms with Gasteiger partial charge in [0.15, 0.2) is 5.11 Å². The van der Waals surface area contributed by atoms with E-state index >= 15 is 0 Å². The third kappa shape index (κ3) is 3.72. The minimum atomic E-state index is 0.358. The van der Waals surface area contributed by atoms with Gasteiger partial charge in [-0.1, -0.05) is 38.0 Å². The van der Waals surface area contributed by atoms with Gasteiger partial charge in [0.25, 0.3) is 0 Å². The number of anilines is 1. The molecule has 20 heavy (non-hydrogen) atoms. The van der Waals surface area contributed by atoms with Gasteiger partial charge in [0.2, 0.25) is 0 Å². The van der Waals surface area contributed by atoms with Crippen LogP contribution in [0.3, 0.4) is 0 Å². The van der Waals surface area contributed by atoms with Gasteiger partial charge in [-0.25, -0.2) is 0 Å². The number of para-hydroxylation sites is 1. The van der Waals surface area contributed by atoms with E-state index in [-0.39, 0.29) is 0 Å². The molecule has 1 aromatic rings. The molecule has 0 amide bonds. The molecule has 3 heteroatoms. The molecule has 0 bridgehead atoms. The zero-order valence-corrected chi connectivity index (χ0v) is 13.6. The average Bonchev–Trinajstić information content (AvgIpc) is 2.42. The quantitative estimate of drug-likeness (QED) is 0.833. The van der Waals surface area contributed by atoms with Gasteiger partial charge in [-0.15, -0.1) is 0 Å². The SMILES string of the molecule is CC(C)N(C(=S)N[C@@H]1CCCC[C@H]1C)c1ccccc1. The molecule has 0 aliphatic heterocycles. The molecule has 0 aromatic heterocycles. The highest BCUT2D eigenvalue weighted by atomic mass is 32.1. The molecular weight excluding hydrogens is 264 g/mol. The topological polar surface area (TPSA) is 15.3 Å². The average molecular weight is 290 g/mol. The number of thiocarbonyl (C=S) groups is 1. The molecule has 1 saturated carbocycles. The number of hydrogen-bond acceptors (Lipinski definition) is 1. The highest BCUT2D eigenvalue weighted by molar-refractivity contribution is 7.80. The van der Waals surface area contributed by atoms with Crippen molar-refractivity contribution in [3.05, 3.63) is 30.3 Å². The predicted octanol–water partition coefficient (Wildman–Crippen LogP) is 4.35. The molecule has 1 aliphatic carbocycles. The lowest BCUT2D eigenvalue weighted by Gasteiger charge is -2.36. The van der Waals surface area contributed by atoms with Gasteiger partial charge in [-0.3, -0.25) is 0 Å². The lowest BCUT2D eigenvalue weighted by Crippen LogP contribution is -2.50. The molecule has 2 atom stereocenters. The second-order valence-corrected chi connectivity index (χ2v) is 6.50. The standard InChI is InChI=1S/C17H26N2S/c1-13(2)19(15-10-5-4-6-11-15)17(20)18-16-12-8-7-9-14(16)3/h4-6,10-11,13-14,16H,7-9,12H2,1-3H3,(H,18,20)/t14-,16-/m1/s1. The van der Waals surface area contributed by atoms with Crippen LogP contribution >= 0.6 is 12.2 Å². The Balaban J connectivity index is 2.08. The van der Waals surface area contributed by atoms with Crippen molar-refractivity contribution in [1.82, 2.24) is 5.32 Å². The van der Waals surface area contributed by atoms with Crippen LogP contribution in [0.5, 0.6) is 0 Å². The molecule has 2 rings (SSSR count). The van der Waals surface area contributed by atoms with E-state index in [0.29, 0.717) is 18.0 Å². The Labute approximate surface area is 128 Å². The number of nitrogens with one attached hydrogen (secondary N) is 1. The van der Waals surface area contributed by atoms with Crippen molar-refractivity contribution in [3.63, 3.8) is 0 Å². The van der Waals surface area contributed by atoms with E-state index in [0.717, 1.165) is 5.11 Å². The van der Waals surface area contributed by atoms with Gasteiger partial charge in [0.1, 0.15) is 0 Å². The molecule has 0 unspecified atom stereocenters. The van der Waals surface area contributed by atoms with Crippen molar-refractivity contribution in [2.45, 2.75) is 58.5 Å². The van der Waals surface area contributed by atoms with Crippen LogP contribution in [-0.4, -0.2) is 17.2 Å². The molecule has 0 heterocycles. The van der Waals surface area contributed by atoms with Crippen molar-refractivity contribution in [2.75, 3.05) is 4.90 Å². The summed E-state index contributed by atoms with van der Waals surface area (Å²) < 4.78 is 0. The molecule has 1 N–H and O–H groups in total. The largest absolute Gasteiger partial charge is 0.359 e. The Morgan fingerprint density at radius 3 is 2.45 bits per heavy atom. The Morgan fingerprint density at radius 2 is 1.85 bits per heavy atom. The van der Waals surface area contributed by atoms with Gasteiger partial charge in [0.05, 0.1) is 0 Å². The maximum absolute atomic E-state index is 5.68. The molecule has 110 valence electrons. The van der Waals surface area contributed by atoms with E-state index in [9.17, 15) is 0 Å². The number of hydrogen-bond donors (Lipinski definition) is 1. The zero-order valence-electron chi connectivity index (χ0n) is 12.8. The van der Waals surface area contributed by atoms with Crippen LogP contribution in [0.2, 0.25) is 0 Å². The first-order chi connectivity index (χ1) is 9.59. The molecule has 0 saturated heterocycles. The first kappa shape index (κ1) is 15.3. The van der Waals surface area contributed by atoms with Gasteiger partial charge >= 0.3 is 0 Å². The van der Waals surface area contributed by atoms with E-state index in [2.05, 4.69) is 55.3 Å². The highest BCUT2D eigenvalue weighted by Crippen LogP contribution is 2.25. The van der Waals surface area contributed by atoms with Crippen LogP contribution in [0.15, 0.2) is 30.3 Å². The monoisotopic (exact) mass is 290 g/mol. The highest BCUT2D eigenvalue weighted by Gasteiger charge is 2.24. The fraction of sp³-hybridized carbons (Fsp3) is 0.588. The number of benzene rings is 1. The first-order valence-corrected chi connectivity index (χ1v) is 8.15. The van der Waals surface area contributed by atoms with Crippen LogP contribution in [0.1, 0.15) is 46.5 Å². The fourth-order valence-corrected chi connectivity index (χ4v) is 3.46. The smallest absolute Gasteiger partial charge is 0.173 e. The first-order valence-electron chi connectivity index (χ1n) is 7.74. The van der Waals surface area contributed by atoms with E-state index < -0.39 is 0 Å². The molecule has 0 radical (unpaired) electrons. The summed E-state index contributed by atoms with van der Waals surface area (Å²) in [4.78, 5) is 2.22. The molecule has 0 spiro atoms. The van der Waals surface area contributed by atoms with Crippen LogP contribution in [0.4, 0.5) is 5.69 Å². The van der Waals surface area contributed by atoms with Crippen molar-refractivity contribution in [1.29, 1.82) is 0 Å². The Kier molecular flexibility index (Phi) is 5.41. The maximum Gasteiger partial charge on any atom is 0.173 e. The zero-order chi connectivity index (χ0) is 14.5. The Morgan fingerprint density at radius 1 is 1.20 bits per heavy atom. The summed E-state index contributed by atoms with van der Waals surface area (Å²) in [5, 5.41) is 4.47. The van der Waals surface area contributed by atoms with E-state index in [1.807, 2.05) is 6.07 Å². The summed E-state index contributed by atoms with van der Waals surface area (Å²) in [6, 6.07) is 11.3. The lowest BCUT2D eigenvalue weighted by atomic mass is 9.86. The van der Waals surface area contributed by atoms with Crippen molar-refractivity contribution >= 4 is 23.0 Å². The minimum Gasteiger partial charge on any atom is -0.359 e. The van der Waals surface area contributed by atoms with Crippen molar-refractivity contribution in [2.24, 2.45) is 5.92 Å². The number of nitrogens with zero attached hydrogens (tertiary/aromatic N) is 1. The Hall–Kier alpha value is -1.09. The molecule has 1 aromatic carbocycles. The summed E-state index contributed by atoms with van der Waals surface area (Å²) >= 11 is 5.68. The third-order valence-corrected chi connectivity index (χ3v) is 4.50. The van der Waals surface area contributed by atoms with Gasteiger partial charge in [-0.05, 0) is 57.0 Å². The minimum absolute atomic E-state index is 0.358. The summed E-state index contributed by atoms with van der Waals surface area (Å²) in [5.74, 6) is 0.714. The molecule has 1 fully saturated rings. The fourth-order valence-electron chi connectivity index (χ4n) is 3.00. The molecule has 2 nitrogen and oxygen atoms in total. The van der Waals surface area contributed by atoms with Crippen LogP contribution in [-0.2, 0) is 0 Å². The van der Waals surface area contributed by atoms with E-state index in [1.54, 1.807) is 0 Å². The lowest BCUT2D eigenvalue weighted by molar-refractivity contribution is 0.308. The van der Waals surface area contributed by atoms with Crippen LogP contribution < -0.4 is 10.2 Å². The van der Waals surface area contributed by atoms with Gasteiger partial charge in [0, 0.05) is 17.8 Å². The van der Waals surface area contributed by atoms with Crippen molar-refractivity contribution < 1.29 is 0 Å². The second-order valence-electron chi connectivity index (χ2n) is 6.12. The summed E-state index contributed by atoms with van der Waals surface area (Å²) in [7, 11) is 0. The predicted molar refractivity (Wildman–Crippen MR) is 91.2 cm³/mol. The van der Waals surface area contributed by atoms with E-state index in [4.69, 9.17) is 12.2 Å². The van der Waals surface area contributed by atoms with Crippen LogP contribution in [0, 0.1) is 5.92 Å². The Bertz CT molecular complexity index is 430. The molecule has 1 aliphatic rings. The normalized spacial score (nSPS) is 22.6. The number of rotatable bonds is 3. The van der Waals surface area contributed by atoms with Gasteiger partial charge < -0.3 is 10.2 Å². The molecular formula is C17H26N2S. The summed E-state index contributed by atoms with van der Waals surface area (Å²) in [6.45, 7) is 6.71. The van der Waals surface area contributed by atoms with Gasteiger partial charge in [-0.2, -0.15) is 0 Å². The van der Waals surface area contributed by atoms with Crippen molar-refractivity contribution in [3.8, 4) is 0 Å².